The molecule has 27 heavy (non-hydrogen) atoms. The number of alkyl halides is 2. The number of aliphatic hydroxyl groups is 1. The predicted octanol–water partition coefficient (Wildman–Crippen LogP) is 2.60. The number of allylic oxidation sites excluding steroid dienone is 1. The second-order valence-corrected chi connectivity index (χ2v) is 7.13. The van der Waals surface area contributed by atoms with Crippen LogP contribution in [0.3, 0.4) is 0 Å². The molecular formula is C19H23Cl2NO5. The van der Waals surface area contributed by atoms with Crippen LogP contribution < -0.4 is 4.74 Å². The Balaban J connectivity index is 2.18. The summed E-state index contributed by atoms with van der Waals surface area (Å²) in [4.78, 5) is 15.4. The van der Waals surface area contributed by atoms with E-state index in [1.165, 1.54) is 20.3 Å². The number of aliphatic imine (C=N–C) groups is 1. The van der Waals surface area contributed by atoms with E-state index in [0.717, 1.165) is 0 Å². The first-order valence-electron chi connectivity index (χ1n) is 8.35. The fourth-order valence-corrected chi connectivity index (χ4v) is 3.98. The van der Waals surface area contributed by atoms with Crippen LogP contribution in [0.1, 0.15) is 6.42 Å². The van der Waals surface area contributed by atoms with Crippen LogP contribution >= 0.6 is 23.2 Å². The Morgan fingerprint density at radius 1 is 1.33 bits per heavy atom. The monoisotopic (exact) mass is 415 g/mol. The number of halogens is 2. The highest BCUT2D eigenvalue weighted by atomic mass is 35.5. The fraction of sp³-hybridized carbons (Fsp3) is 0.474. The molecule has 1 aliphatic rings. The molecule has 1 fully saturated rings. The number of Topliss-reactive ketones (excluding diaryl/α,β-unsaturated/α-hetero) is 1. The van der Waals surface area contributed by atoms with Crippen LogP contribution in [0.15, 0.2) is 48.0 Å². The lowest BCUT2D eigenvalue weighted by Gasteiger charge is -2.37. The lowest BCUT2D eigenvalue weighted by atomic mass is 9.95. The van der Waals surface area contributed by atoms with E-state index < -0.39 is 27.9 Å². The van der Waals surface area contributed by atoms with E-state index in [2.05, 4.69) is 11.6 Å². The Kier molecular flexibility index (Phi) is 7.42. The minimum absolute atomic E-state index is 0.0212. The number of nitrogens with zero attached hydrogens (tertiary/aromatic N) is 1. The first kappa shape index (κ1) is 21.9. The number of ketones is 1. The van der Waals surface area contributed by atoms with E-state index in [-0.39, 0.29) is 25.3 Å². The van der Waals surface area contributed by atoms with Crippen LogP contribution in [-0.2, 0) is 14.3 Å². The number of methoxy groups -OCH3 is 2. The molecule has 0 amide bonds. The number of carbonyl (C=O) groups excluding carboxylic acids is 1. The zero-order chi connectivity index (χ0) is 20.1. The van der Waals surface area contributed by atoms with E-state index in [1.807, 2.05) is 18.2 Å². The summed E-state index contributed by atoms with van der Waals surface area (Å²) in [5.74, 6) is -1.50. The van der Waals surface area contributed by atoms with Gasteiger partial charge in [-0.05, 0) is 18.6 Å². The zero-order valence-corrected chi connectivity index (χ0v) is 16.7. The Bertz CT molecular complexity index is 693. The SMILES string of the molecule is C=CC[C@]1(Cl)C(=O)C(Cl)C(=NC[C@H](O)COc2ccccc2)C1(OC)OC. The molecule has 1 unspecified atom stereocenters. The summed E-state index contributed by atoms with van der Waals surface area (Å²) in [7, 11) is 2.72. The number of carbonyl (C=O) groups is 1. The molecule has 0 spiro atoms. The van der Waals surface area contributed by atoms with Crippen molar-refractivity contribution in [1.82, 2.24) is 0 Å². The molecule has 0 bridgehead atoms. The van der Waals surface area contributed by atoms with Gasteiger partial charge in [-0.2, -0.15) is 0 Å². The molecule has 6 nitrogen and oxygen atoms in total. The molecular weight excluding hydrogens is 393 g/mol. The van der Waals surface area contributed by atoms with E-state index >= 15 is 0 Å². The lowest BCUT2D eigenvalue weighted by Crippen LogP contribution is -2.55. The van der Waals surface area contributed by atoms with Gasteiger partial charge in [0.2, 0.25) is 5.79 Å². The summed E-state index contributed by atoms with van der Waals surface area (Å²) >= 11 is 12.8. The van der Waals surface area contributed by atoms with Crippen molar-refractivity contribution in [3.63, 3.8) is 0 Å². The summed E-state index contributed by atoms with van der Waals surface area (Å²) in [6.45, 7) is 3.59. The highest BCUT2D eigenvalue weighted by Crippen LogP contribution is 2.47. The van der Waals surface area contributed by atoms with Gasteiger partial charge in [0.15, 0.2) is 10.7 Å². The highest BCUT2D eigenvalue weighted by Gasteiger charge is 2.68. The van der Waals surface area contributed by atoms with E-state index in [9.17, 15) is 9.90 Å². The second-order valence-electron chi connectivity index (χ2n) is 6.05. The Hall–Kier alpha value is -1.44. The van der Waals surface area contributed by atoms with Crippen LogP contribution in [0.4, 0.5) is 0 Å². The van der Waals surface area contributed by atoms with Crippen molar-refractivity contribution < 1.29 is 24.1 Å². The first-order valence-corrected chi connectivity index (χ1v) is 9.17. The van der Waals surface area contributed by atoms with Crippen molar-refractivity contribution in [3.8, 4) is 5.75 Å². The number of hydrogen-bond donors (Lipinski definition) is 1. The van der Waals surface area contributed by atoms with Crippen molar-refractivity contribution in [2.24, 2.45) is 4.99 Å². The average molecular weight is 416 g/mol. The maximum atomic E-state index is 12.7. The minimum Gasteiger partial charge on any atom is -0.491 e. The van der Waals surface area contributed by atoms with Gasteiger partial charge in [-0.1, -0.05) is 24.3 Å². The van der Waals surface area contributed by atoms with Gasteiger partial charge in [0.05, 0.1) is 12.3 Å². The quantitative estimate of drug-likeness (QED) is 0.381. The zero-order valence-electron chi connectivity index (χ0n) is 15.2. The number of hydrogen-bond acceptors (Lipinski definition) is 6. The van der Waals surface area contributed by atoms with E-state index in [1.54, 1.807) is 12.1 Å². The van der Waals surface area contributed by atoms with Gasteiger partial charge in [0, 0.05) is 14.2 Å². The maximum Gasteiger partial charge on any atom is 0.236 e. The van der Waals surface area contributed by atoms with Crippen molar-refractivity contribution in [3.05, 3.63) is 43.0 Å². The molecule has 0 heterocycles. The topological polar surface area (TPSA) is 77.4 Å². The van der Waals surface area contributed by atoms with Crippen LogP contribution in [0, 0.1) is 0 Å². The summed E-state index contributed by atoms with van der Waals surface area (Å²) < 4.78 is 16.5. The summed E-state index contributed by atoms with van der Waals surface area (Å²) in [6.07, 6.45) is 0.650. The Morgan fingerprint density at radius 2 is 1.96 bits per heavy atom. The largest absolute Gasteiger partial charge is 0.491 e. The molecule has 1 aromatic carbocycles. The first-order chi connectivity index (χ1) is 12.9. The van der Waals surface area contributed by atoms with Gasteiger partial charge in [0.1, 0.15) is 23.8 Å². The number of ether oxygens (including phenoxy) is 3. The number of para-hydroxylation sites is 1. The maximum absolute atomic E-state index is 12.7. The number of rotatable bonds is 9. The van der Waals surface area contributed by atoms with Gasteiger partial charge in [-0.15, -0.1) is 29.8 Å². The van der Waals surface area contributed by atoms with Crippen LogP contribution in [0.5, 0.6) is 5.75 Å². The third kappa shape index (κ3) is 4.05. The normalized spacial score (nSPS) is 26.9. The highest BCUT2D eigenvalue weighted by molar-refractivity contribution is 6.56. The summed E-state index contributed by atoms with van der Waals surface area (Å²) in [6, 6.07) is 9.08. The average Bonchev–Trinajstić information content (AvgIpc) is 2.84. The molecule has 8 heteroatoms. The van der Waals surface area contributed by atoms with Crippen LogP contribution in [-0.4, -0.2) is 66.1 Å². The van der Waals surface area contributed by atoms with Crippen molar-refractivity contribution in [2.75, 3.05) is 27.4 Å². The van der Waals surface area contributed by atoms with Crippen LogP contribution in [0.2, 0.25) is 0 Å². The van der Waals surface area contributed by atoms with E-state index in [0.29, 0.717) is 5.75 Å². The molecule has 3 atom stereocenters. The number of aliphatic hydroxyl groups excluding tert-OH is 1. The van der Waals surface area contributed by atoms with Crippen molar-refractivity contribution >= 4 is 34.7 Å². The molecule has 1 N–H and O–H groups in total. The summed E-state index contributed by atoms with van der Waals surface area (Å²) in [5, 5.41) is 9.05. The van der Waals surface area contributed by atoms with Crippen molar-refractivity contribution in [2.45, 2.75) is 28.6 Å². The molecule has 1 aliphatic carbocycles. The van der Waals surface area contributed by atoms with Gasteiger partial charge in [0.25, 0.3) is 0 Å². The molecule has 1 aromatic rings. The minimum atomic E-state index is -1.65. The molecule has 2 rings (SSSR count). The molecule has 148 valence electrons. The third-order valence-corrected chi connectivity index (χ3v) is 5.37. The molecule has 0 aromatic heterocycles. The molecule has 0 saturated heterocycles. The lowest BCUT2D eigenvalue weighted by molar-refractivity contribution is -0.174. The van der Waals surface area contributed by atoms with Gasteiger partial charge in [-0.3, -0.25) is 9.79 Å². The van der Waals surface area contributed by atoms with E-state index in [4.69, 9.17) is 37.4 Å². The molecule has 0 aliphatic heterocycles. The fourth-order valence-electron chi connectivity index (χ4n) is 3.06. The predicted molar refractivity (Wildman–Crippen MR) is 105 cm³/mol. The molecule has 0 radical (unpaired) electrons. The van der Waals surface area contributed by atoms with Crippen LogP contribution in [0.25, 0.3) is 0 Å². The second kappa shape index (κ2) is 9.17. The standard InChI is InChI=1S/C19H23Cl2NO5/c1-4-10-18(21)17(24)15(20)16(19(18,25-2)26-3)22-11-13(23)12-27-14-8-6-5-7-9-14/h4-9,13,15,23H,1,10-12H2,2-3H3/t13-,15?,18-/m0/s1. The van der Waals surface area contributed by atoms with Gasteiger partial charge in [-0.25, -0.2) is 0 Å². The van der Waals surface area contributed by atoms with Gasteiger partial charge >= 0.3 is 0 Å². The Morgan fingerprint density at radius 3 is 2.52 bits per heavy atom. The van der Waals surface area contributed by atoms with Gasteiger partial charge < -0.3 is 19.3 Å². The third-order valence-electron chi connectivity index (χ3n) is 4.38. The number of benzene rings is 1. The molecule has 1 saturated carbocycles. The Labute approximate surface area is 168 Å². The van der Waals surface area contributed by atoms with Crippen molar-refractivity contribution in [1.29, 1.82) is 0 Å². The smallest absolute Gasteiger partial charge is 0.236 e. The summed E-state index contributed by atoms with van der Waals surface area (Å²) in [5.41, 5.74) is 0.120.